The molecule has 0 saturated carbocycles. The summed E-state index contributed by atoms with van der Waals surface area (Å²) in [6.45, 7) is 5.91. The summed E-state index contributed by atoms with van der Waals surface area (Å²) >= 11 is 7.08. The van der Waals surface area contributed by atoms with Crippen molar-refractivity contribution in [3.8, 4) is 11.5 Å². The van der Waals surface area contributed by atoms with Crippen molar-refractivity contribution in [2.24, 2.45) is 5.10 Å². The number of benzene rings is 2. The zero-order valence-electron chi connectivity index (χ0n) is 18.6. The van der Waals surface area contributed by atoms with Crippen molar-refractivity contribution >= 4 is 46.5 Å². The van der Waals surface area contributed by atoms with Gasteiger partial charge in [-0.3, -0.25) is 5.43 Å². The minimum Gasteiger partial charge on any atom is -0.487 e. The van der Waals surface area contributed by atoms with E-state index in [2.05, 4.69) is 15.8 Å². The van der Waals surface area contributed by atoms with Crippen LogP contribution >= 0.6 is 24.0 Å². The Morgan fingerprint density at radius 3 is 2.81 bits per heavy atom. The fourth-order valence-corrected chi connectivity index (χ4v) is 3.92. The van der Waals surface area contributed by atoms with E-state index in [0.29, 0.717) is 29.6 Å². The number of thioether (sulfide) groups is 1. The van der Waals surface area contributed by atoms with E-state index < -0.39 is 11.6 Å². The lowest BCUT2D eigenvalue weighted by Gasteiger charge is -2.33. The highest BCUT2D eigenvalue weighted by Gasteiger charge is 2.31. The van der Waals surface area contributed by atoms with Gasteiger partial charge in [0, 0.05) is 16.9 Å². The Bertz CT molecular complexity index is 1020. The number of hydrogen-bond acceptors (Lipinski definition) is 7. The first-order valence-electron chi connectivity index (χ1n) is 10.2. The molecular formula is C23H27N3O4S2. The highest BCUT2D eigenvalue weighted by molar-refractivity contribution is 7.98. The van der Waals surface area contributed by atoms with Crippen LogP contribution in [0.15, 0.2) is 52.5 Å². The number of fused-ring (bicyclic) bond motifs is 1. The maximum atomic E-state index is 11.6. The molecule has 1 aliphatic heterocycles. The number of thiocarbonyl (C=S) groups is 1. The van der Waals surface area contributed by atoms with Crippen LogP contribution in [0.2, 0.25) is 0 Å². The molecule has 0 aromatic heterocycles. The van der Waals surface area contributed by atoms with Crippen LogP contribution in [0, 0.1) is 0 Å². The molecule has 0 spiro atoms. The average Bonchev–Trinajstić information content (AvgIpc) is 2.76. The molecule has 170 valence electrons. The van der Waals surface area contributed by atoms with Crippen molar-refractivity contribution < 1.29 is 19.0 Å². The van der Waals surface area contributed by atoms with Gasteiger partial charge in [0.1, 0.15) is 17.1 Å². The first-order chi connectivity index (χ1) is 15.3. The van der Waals surface area contributed by atoms with Crippen molar-refractivity contribution in [3.05, 3.63) is 48.0 Å². The number of rotatable bonds is 7. The van der Waals surface area contributed by atoms with Crippen LogP contribution in [0.1, 0.15) is 32.8 Å². The second-order valence-electron chi connectivity index (χ2n) is 7.61. The van der Waals surface area contributed by atoms with Crippen LogP contribution in [0.3, 0.4) is 0 Å². The van der Waals surface area contributed by atoms with Gasteiger partial charge in [0.2, 0.25) is 0 Å². The van der Waals surface area contributed by atoms with Gasteiger partial charge in [0.15, 0.2) is 11.7 Å². The normalized spacial score (nSPS) is 15.3. The summed E-state index contributed by atoms with van der Waals surface area (Å²) in [6.07, 6.45) is 2.58. The third-order valence-corrected chi connectivity index (χ3v) is 5.54. The highest BCUT2D eigenvalue weighted by atomic mass is 32.2. The van der Waals surface area contributed by atoms with Gasteiger partial charge in [-0.05, 0) is 69.6 Å². The lowest BCUT2D eigenvalue weighted by molar-refractivity contribution is -0.145. The Morgan fingerprint density at radius 2 is 2.06 bits per heavy atom. The van der Waals surface area contributed by atoms with E-state index >= 15 is 0 Å². The van der Waals surface area contributed by atoms with E-state index in [4.69, 9.17) is 26.4 Å². The predicted molar refractivity (Wildman–Crippen MR) is 132 cm³/mol. The number of anilines is 1. The van der Waals surface area contributed by atoms with E-state index in [1.54, 1.807) is 24.8 Å². The minimum absolute atomic E-state index is 0.160. The first kappa shape index (κ1) is 23.9. The minimum atomic E-state index is -0.429. The van der Waals surface area contributed by atoms with Gasteiger partial charge in [0.05, 0.1) is 18.0 Å². The Hall–Kier alpha value is -2.78. The standard InChI is InChI=1S/C23H27N3O4S2/c1-5-28-21(27)14-29-15-10-11-19-16(12-15)18(13-23(2,3)30-19)25-26-22(31)24-17-8-6-7-9-20(17)32-4/h6-12H,5,13-14H2,1-4H3,(H2,24,26,31). The maximum Gasteiger partial charge on any atom is 0.344 e. The molecule has 7 nitrogen and oxygen atoms in total. The van der Waals surface area contributed by atoms with Crippen LogP contribution < -0.4 is 20.2 Å². The van der Waals surface area contributed by atoms with Crippen molar-refractivity contribution in [1.29, 1.82) is 0 Å². The molecule has 9 heteroatoms. The van der Waals surface area contributed by atoms with Gasteiger partial charge in [-0.25, -0.2) is 4.79 Å². The van der Waals surface area contributed by atoms with Gasteiger partial charge in [-0.15, -0.1) is 11.8 Å². The van der Waals surface area contributed by atoms with Crippen molar-refractivity contribution in [2.45, 2.75) is 37.7 Å². The number of nitrogens with one attached hydrogen (secondary N) is 2. The van der Waals surface area contributed by atoms with Crippen LogP contribution in [-0.2, 0) is 9.53 Å². The summed E-state index contributed by atoms with van der Waals surface area (Å²) in [4.78, 5) is 12.7. The van der Waals surface area contributed by atoms with Crippen molar-refractivity contribution in [1.82, 2.24) is 5.43 Å². The summed E-state index contributed by atoms with van der Waals surface area (Å²) < 4.78 is 16.6. The Kier molecular flexibility index (Phi) is 7.98. The lowest BCUT2D eigenvalue weighted by Crippen LogP contribution is -2.37. The third-order valence-electron chi connectivity index (χ3n) is 4.55. The monoisotopic (exact) mass is 473 g/mol. The largest absolute Gasteiger partial charge is 0.487 e. The zero-order valence-corrected chi connectivity index (χ0v) is 20.2. The highest BCUT2D eigenvalue weighted by Crippen LogP contribution is 2.35. The average molecular weight is 474 g/mol. The van der Waals surface area contributed by atoms with Gasteiger partial charge in [0.25, 0.3) is 0 Å². The summed E-state index contributed by atoms with van der Waals surface area (Å²) in [5.41, 5.74) is 4.99. The molecule has 0 radical (unpaired) electrons. The molecule has 3 rings (SSSR count). The summed E-state index contributed by atoms with van der Waals surface area (Å²) in [6, 6.07) is 13.3. The number of hydrazone groups is 1. The van der Waals surface area contributed by atoms with E-state index in [0.717, 1.165) is 21.9 Å². The molecular weight excluding hydrogens is 446 g/mol. The fourth-order valence-electron chi connectivity index (χ4n) is 3.21. The number of esters is 1. The molecule has 32 heavy (non-hydrogen) atoms. The van der Waals surface area contributed by atoms with Crippen molar-refractivity contribution in [2.75, 3.05) is 24.8 Å². The molecule has 0 fully saturated rings. The number of nitrogens with zero attached hydrogens (tertiary/aromatic N) is 1. The number of hydrogen-bond donors (Lipinski definition) is 2. The zero-order chi connectivity index (χ0) is 23.1. The van der Waals surface area contributed by atoms with Gasteiger partial charge in [-0.1, -0.05) is 12.1 Å². The molecule has 2 aromatic rings. The molecule has 0 aliphatic carbocycles. The SMILES string of the molecule is CCOC(=O)COc1ccc2c(c1)C(=NNC(=S)Nc1ccccc1SC)CC(C)(C)O2. The second kappa shape index (κ2) is 10.7. The summed E-state index contributed by atoms with van der Waals surface area (Å²) in [5, 5.41) is 8.14. The fraction of sp³-hybridized carbons (Fsp3) is 0.348. The molecule has 0 bridgehead atoms. The maximum absolute atomic E-state index is 11.6. The van der Waals surface area contributed by atoms with Crippen LogP contribution in [0.5, 0.6) is 11.5 Å². The van der Waals surface area contributed by atoms with E-state index in [-0.39, 0.29) is 6.61 Å². The van der Waals surface area contributed by atoms with E-state index in [1.807, 2.05) is 56.5 Å². The first-order valence-corrected chi connectivity index (χ1v) is 11.8. The molecule has 0 saturated heterocycles. The van der Waals surface area contributed by atoms with Gasteiger partial charge in [-0.2, -0.15) is 5.10 Å². The Balaban J connectivity index is 1.77. The topological polar surface area (TPSA) is 81.2 Å². The number of carbonyl (C=O) groups excluding carboxylic acids is 1. The summed E-state index contributed by atoms with van der Waals surface area (Å²) in [5.74, 6) is 0.805. The Morgan fingerprint density at radius 1 is 1.28 bits per heavy atom. The van der Waals surface area contributed by atoms with E-state index in [1.165, 1.54) is 0 Å². The molecule has 0 amide bonds. The molecule has 0 atom stereocenters. The molecule has 2 aromatic carbocycles. The van der Waals surface area contributed by atoms with E-state index in [9.17, 15) is 4.79 Å². The Labute approximate surface area is 197 Å². The number of para-hydroxylation sites is 1. The second-order valence-corrected chi connectivity index (χ2v) is 8.87. The molecule has 1 heterocycles. The third kappa shape index (κ3) is 6.37. The molecule has 0 unspecified atom stereocenters. The number of ether oxygens (including phenoxy) is 3. The summed E-state index contributed by atoms with van der Waals surface area (Å²) in [7, 11) is 0. The van der Waals surface area contributed by atoms with Crippen LogP contribution in [0.25, 0.3) is 0 Å². The van der Waals surface area contributed by atoms with Gasteiger partial charge >= 0.3 is 5.97 Å². The molecule has 2 N–H and O–H groups in total. The van der Waals surface area contributed by atoms with Gasteiger partial charge < -0.3 is 19.5 Å². The lowest BCUT2D eigenvalue weighted by atomic mass is 9.92. The van der Waals surface area contributed by atoms with Crippen LogP contribution in [-0.4, -0.2) is 41.9 Å². The predicted octanol–water partition coefficient (Wildman–Crippen LogP) is 4.60. The van der Waals surface area contributed by atoms with Crippen LogP contribution in [0.4, 0.5) is 5.69 Å². The number of carbonyl (C=O) groups is 1. The molecule has 1 aliphatic rings. The van der Waals surface area contributed by atoms with Crippen molar-refractivity contribution in [3.63, 3.8) is 0 Å². The quantitative estimate of drug-likeness (QED) is 0.261. The smallest absolute Gasteiger partial charge is 0.344 e.